The number of carbonyl (C=O) groups is 2. The number of nitrogens with zero attached hydrogens (tertiary/aromatic N) is 4. The molecule has 2 aromatic heterocycles. The topological polar surface area (TPSA) is 134 Å². The minimum Gasteiger partial charge on any atom is -0.459 e. The second kappa shape index (κ2) is 9.82. The minimum absolute atomic E-state index is 0.00921. The molecule has 11 heteroatoms. The summed E-state index contributed by atoms with van der Waals surface area (Å²) in [7, 11) is 0. The van der Waals surface area contributed by atoms with Gasteiger partial charge in [0.25, 0.3) is 0 Å². The molecule has 1 atom stereocenters. The number of nitrogen functional groups attached to an aromatic ring is 1. The Bertz CT molecular complexity index is 1100. The Balaban J connectivity index is 1.72. The summed E-state index contributed by atoms with van der Waals surface area (Å²) in [6.07, 6.45) is 0.994. The van der Waals surface area contributed by atoms with Crippen LogP contribution in [0.15, 0.2) is 36.7 Å². The molecule has 3 rings (SSSR count). The number of nitrogens with one attached hydrogen (secondary N) is 1. The van der Waals surface area contributed by atoms with E-state index in [0.717, 1.165) is 5.56 Å². The van der Waals surface area contributed by atoms with Crippen LogP contribution in [0.5, 0.6) is 0 Å². The molecule has 0 spiro atoms. The molecular formula is C21H25ClN6O4. The number of fused-ring (bicyclic) bond motifs is 1. The third kappa shape index (κ3) is 6.30. The van der Waals surface area contributed by atoms with Gasteiger partial charge in [0.15, 0.2) is 10.8 Å². The maximum atomic E-state index is 12.8. The lowest BCUT2D eigenvalue weighted by atomic mass is 10.2. The van der Waals surface area contributed by atoms with Crippen LogP contribution in [0.2, 0.25) is 5.15 Å². The number of alkyl carbamates (subject to hydrolysis) is 1. The van der Waals surface area contributed by atoms with Crippen molar-refractivity contribution in [3.63, 3.8) is 0 Å². The van der Waals surface area contributed by atoms with Crippen LogP contribution in [0, 0.1) is 0 Å². The fourth-order valence-corrected chi connectivity index (χ4v) is 3.11. The molecule has 0 saturated heterocycles. The van der Waals surface area contributed by atoms with Gasteiger partial charge in [-0.3, -0.25) is 0 Å². The van der Waals surface area contributed by atoms with Gasteiger partial charge < -0.3 is 25.1 Å². The first-order valence-electron chi connectivity index (χ1n) is 9.96. The zero-order chi connectivity index (χ0) is 23.3. The van der Waals surface area contributed by atoms with Gasteiger partial charge in [0.1, 0.15) is 23.8 Å². The second-order valence-corrected chi connectivity index (χ2v) is 8.42. The fraction of sp³-hybridized carbons (Fsp3) is 0.381. The first-order chi connectivity index (χ1) is 15.1. The summed E-state index contributed by atoms with van der Waals surface area (Å²) < 4.78 is 12.4. The Morgan fingerprint density at radius 1 is 1.22 bits per heavy atom. The number of aryl methyl sites for hydroxylation is 1. The molecule has 10 nitrogen and oxygen atoms in total. The van der Waals surface area contributed by atoms with Crippen molar-refractivity contribution in [1.29, 1.82) is 0 Å². The number of hydrogen-bond acceptors (Lipinski definition) is 8. The smallest absolute Gasteiger partial charge is 0.408 e. The van der Waals surface area contributed by atoms with Gasteiger partial charge in [-0.25, -0.2) is 14.6 Å². The molecule has 0 aliphatic heterocycles. The van der Waals surface area contributed by atoms with Crippen molar-refractivity contribution in [1.82, 2.24) is 24.8 Å². The van der Waals surface area contributed by atoms with Crippen molar-refractivity contribution in [2.75, 3.05) is 5.73 Å². The number of carbonyl (C=O) groups excluding carboxylic acids is 2. The van der Waals surface area contributed by atoms with Gasteiger partial charge in [0.05, 0.1) is 6.33 Å². The summed E-state index contributed by atoms with van der Waals surface area (Å²) in [5.41, 5.74) is 6.62. The van der Waals surface area contributed by atoms with Gasteiger partial charge in [0.2, 0.25) is 5.95 Å². The molecule has 1 amide bonds. The van der Waals surface area contributed by atoms with Crippen LogP contribution in [0.25, 0.3) is 11.2 Å². The monoisotopic (exact) mass is 460 g/mol. The van der Waals surface area contributed by atoms with Crippen LogP contribution in [-0.2, 0) is 27.4 Å². The first kappa shape index (κ1) is 23.3. The molecule has 0 radical (unpaired) electrons. The molecule has 0 aliphatic rings. The lowest BCUT2D eigenvalue weighted by Crippen LogP contribution is -2.44. The number of ether oxygens (including phenoxy) is 2. The molecule has 32 heavy (non-hydrogen) atoms. The van der Waals surface area contributed by atoms with Crippen LogP contribution < -0.4 is 11.1 Å². The van der Waals surface area contributed by atoms with E-state index in [2.05, 4.69) is 20.3 Å². The predicted molar refractivity (Wildman–Crippen MR) is 119 cm³/mol. The molecule has 0 saturated carbocycles. The van der Waals surface area contributed by atoms with Crippen molar-refractivity contribution >= 4 is 40.8 Å². The van der Waals surface area contributed by atoms with E-state index in [4.69, 9.17) is 26.8 Å². The Kier molecular flexibility index (Phi) is 7.14. The Morgan fingerprint density at radius 2 is 1.94 bits per heavy atom. The average molecular weight is 461 g/mol. The second-order valence-electron chi connectivity index (χ2n) is 8.06. The zero-order valence-corrected chi connectivity index (χ0v) is 18.8. The van der Waals surface area contributed by atoms with Crippen molar-refractivity contribution < 1.29 is 19.1 Å². The molecule has 0 aliphatic carbocycles. The quantitative estimate of drug-likeness (QED) is 0.405. The Hall–Kier alpha value is -3.40. The molecule has 3 aromatic rings. The van der Waals surface area contributed by atoms with Crippen molar-refractivity contribution in [3.8, 4) is 0 Å². The summed E-state index contributed by atoms with van der Waals surface area (Å²) in [5, 5.41) is 2.73. The lowest BCUT2D eigenvalue weighted by molar-refractivity contribution is -0.147. The number of rotatable bonds is 7. The number of halogens is 1. The van der Waals surface area contributed by atoms with Crippen LogP contribution >= 0.6 is 11.6 Å². The maximum absolute atomic E-state index is 12.8. The molecule has 2 heterocycles. The number of nitrogens with two attached hydrogens (primary N) is 1. The highest BCUT2D eigenvalue weighted by Crippen LogP contribution is 2.20. The van der Waals surface area contributed by atoms with E-state index in [1.54, 1.807) is 25.3 Å². The number of hydrogen-bond donors (Lipinski definition) is 2. The molecule has 1 aromatic carbocycles. The van der Waals surface area contributed by atoms with E-state index in [0.29, 0.717) is 11.2 Å². The van der Waals surface area contributed by atoms with E-state index in [9.17, 15) is 9.59 Å². The molecular weight excluding hydrogens is 436 g/mol. The zero-order valence-electron chi connectivity index (χ0n) is 18.0. The highest BCUT2D eigenvalue weighted by molar-refractivity contribution is 6.33. The van der Waals surface area contributed by atoms with Gasteiger partial charge in [0, 0.05) is 6.54 Å². The molecule has 0 fully saturated rings. The Labute approximate surface area is 190 Å². The molecule has 0 bridgehead atoms. The van der Waals surface area contributed by atoms with Gasteiger partial charge in [-0.05, 0) is 32.8 Å². The van der Waals surface area contributed by atoms with E-state index >= 15 is 0 Å². The number of amides is 1. The highest BCUT2D eigenvalue weighted by atomic mass is 35.5. The summed E-state index contributed by atoms with van der Waals surface area (Å²) in [6, 6.07) is 8.30. The number of esters is 1. The predicted octanol–water partition coefficient (Wildman–Crippen LogP) is 3.09. The fourth-order valence-electron chi connectivity index (χ4n) is 2.89. The standard InChI is InChI=1S/C21H25ClN6O4/c1-21(2,3)32-20(30)25-14(18(29)31-11-13-7-5-4-6-8-13)9-10-28-12-24-15-16(22)26-19(23)27-17(15)28/h4-8,12,14H,9-11H2,1-3H3,(H,25,30)(H2,23,26,27)/t14-/m0/s1. The highest BCUT2D eigenvalue weighted by Gasteiger charge is 2.26. The van der Waals surface area contributed by atoms with E-state index < -0.39 is 23.7 Å². The van der Waals surface area contributed by atoms with Crippen molar-refractivity contribution in [2.24, 2.45) is 0 Å². The van der Waals surface area contributed by atoms with Gasteiger partial charge in [-0.15, -0.1) is 0 Å². The van der Waals surface area contributed by atoms with Crippen molar-refractivity contribution in [2.45, 2.75) is 52.0 Å². The van der Waals surface area contributed by atoms with Crippen LogP contribution in [0.1, 0.15) is 32.8 Å². The van der Waals surface area contributed by atoms with Gasteiger partial charge in [-0.1, -0.05) is 41.9 Å². The number of imidazole rings is 1. The SMILES string of the molecule is CC(C)(C)OC(=O)N[C@@H](CCn1cnc2c(Cl)nc(N)nc21)C(=O)OCc1ccccc1. The van der Waals surface area contributed by atoms with Gasteiger partial charge >= 0.3 is 12.1 Å². The number of anilines is 1. The third-order valence-electron chi connectivity index (χ3n) is 4.30. The minimum atomic E-state index is -0.958. The Morgan fingerprint density at radius 3 is 2.62 bits per heavy atom. The maximum Gasteiger partial charge on any atom is 0.408 e. The summed E-state index contributed by atoms with van der Waals surface area (Å²) >= 11 is 6.06. The third-order valence-corrected chi connectivity index (χ3v) is 4.56. The molecule has 0 unspecified atom stereocenters. The van der Waals surface area contributed by atoms with E-state index in [1.807, 2.05) is 30.3 Å². The van der Waals surface area contributed by atoms with Gasteiger partial charge in [-0.2, -0.15) is 9.97 Å². The van der Waals surface area contributed by atoms with Crippen LogP contribution in [0.4, 0.5) is 10.7 Å². The number of aromatic nitrogens is 4. The summed E-state index contributed by atoms with van der Waals surface area (Å²) in [5.74, 6) is -0.578. The summed E-state index contributed by atoms with van der Waals surface area (Å²) in [6.45, 7) is 5.58. The van der Waals surface area contributed by atoms with E-state index in [-0.39, 0.29) is 30.7 Å². The van der Waals surface area contributed by atoms with E-state index in [1.165, 1.54) is 6.33 Å². The molecule has 170 valence electrons. The largest absolute Gasteiger partial charge is 0.459 e. The van der Waals surface area contributed by atoms with Crippen molar-refractivity contribution in [3.05, 3.63) is 47.4 Å². The normalized spacial score (nSPS) is 12.4. The summed E-state index contributed by atoms with van der Waals surface area (Å²) in [4.78, 5) is 37.3. The average Bonchev–Trinajstić information content (AvgIpc) is 3.11. The van der Waals surface area contributed by atoms with Crippen LogP contribution in [-0.4, -0.2) is 43.2 Å². The first-order valence-corrected chi connectivity index (χ1v) is 10.3. The number of benzene rings is 1. The molecule has 3 N–H and O–H groups in total. The van der Waals surface area contributed by atoms with Crippen LogP contribution in [0.3, 0.4) is 0 Å². The lowest BCUT2D eigenvalue weighted by Gasteiger charge is -2.23.